The Morgan fingerprint density at radius 1 is 1.30 bits per heavy atom. The Morgan fingerprint density at radius 3 is 2.60 bits per heavy atom. The van der Waals surface area contributed by atoms with Crippen molar-refractivity contribution in [2.75, 3.05) is 12.3 Å². The molecule has 0 radical (unpaired) electrons. The van der Waals surface area contributed by atoms with Gasteiger partial charge in [0.15, 0.2) is 0 Å². The van der Waals surface area contributed by atoms with Crippen LogP contribution in [0.25, 0.3) is 0 Å². The molecule has 1 aromatic carbocycles. The molecule has 0 bridgehead atoms. The smallest absolute Gasteiger partial charge is 0.255 e. The average Bonchev–Trinajstić information content (AvgIpc) is 2.45. The Kier molecular flexibility index (Phi) is 4.58. The number of pyridine rings is 1. The van der Waals surface area contributed by atoms with Crippen molar-refractivity contribution < 1.29 is 4.79 Å². The van der Waals surface area contributed by atoms with Crippen molar-refractivity contribution in [3.63, 3.8) is 0 Å². The Bertz CT molecular complexity index is 601. The lowest BCUT2D eigenvalue weighted by Gasteiger charge is -2.21. The standard InChI is InChI=1S/C15H16ClN3O/c1-2-19(10-11-5-7-18-8-6-11)15(20)13-4-3-12(17)9-14(13)16/h3-9H,2,10,17H2,1H3. The fraction of sp³-hybridized carbons (Fsp3) is 0.200. The van der Waals surface area contributed by atoms with E-state index in [1.54, 1.807) is 35.5 Å². The van der Waals surface area contributed by atoms with Crippen LogP contribution < -0.4 is 5.73 Å². The van der Waals surface area contributed by atoms with Crippen LogP contribution in [-0.2, 0) is 6.54 Å². The molecule has 1 amide bonds. The number of rotatable bonds is 4. The van der Waals surface area contributed by atoms with Crippen molar-refractivity contribution in [2.45, 2.75) is 13.5 Å². The van der Waals surface area contributed by atoms with Gasteiger partial charge in [0, 0.05) is 31.2 Å². The van der Waals surface area contributed by atoms with E-state index >= 15 is 0 Å². The van der Waals surface area contributed by atoms with Crippen molar-refractivity contribution in [3.8, 4) is 0 Å². The first kappa shape index (κ1) is 14.3. The van der Waals surface area contributed by atoms with E-state index in [4.69, 9.17) is 17.3 Å². The molecule has 2 N–H and O–H groups in total. The summed E-state index contributed by atoms with van der Waals surface area (Å²) in [6, 6.07) is 8.71. The summed E-state index contributed by atoms with van der Waals surface area (Å²) in [7, 11) is 0. The third-order valence-corrected chi connectivity index (χ3v) is 3.33. The second-order valence-corrected chi connectivity index (χ2v) is 4.82. The molecule has 0 aliphatic rings. The number of nitrogens with zero attached hydrogens (tertiary/aromatic N) is 2. The van der Waals surface area contributed by atoms with Gasteiger partial charge in [0.25, 0.3) is 5.91 Å². The number of nitrogen functional groups attached to an aromatic ring is 1. The van der Waals surface area contributed by atoms with Crippen LogP contribution in [0.1, 0.15) is 22.8 Å². The Labute approximate surface area is 123 Å². The van der Waals surface area contributed by atoms with Crippen LogP contribution in [-0.4, -0.2) is 22.3 Å². The molecule has 2 rings (SSSR count). The number of hydrogen-bond donors (Lipinski definition) is 1. The van der Waals surface area contributed by atoms with Crippen LogP contribution in [0.15, 0.2) is 42.7 Å². The first-order valence-corrected chi connectivity index (χ1v) is 6.72. The number of nitrogens with two attached hydrogens (primary N) is 1. The molecule has 0 saturated carbocycles. The van der Waals surface area contributed by atoms with Crippen molar-refractivity contribution >= 4 is 23.2 Å². The minimum atomic E-state index is -0.102. The normalized spacial score (nSPS) is 10.3. The number of halogens is 1. The van der Waals surface area contributed by atoms with E-state index in [2.05, 4.69) is 4.98 Å². The molecule has 0 unspecified atom stereocenters. The van der Waals surface area contributed by atoms with E-state index in [1.807, 2.05) is 19.1 Å². The summed E-state index contributed by atoms with van der Waals surface area (Å²) in [5.74, 6) is -0.102. The van der Waals surface area contributed by atoms with E-state index in [-0.39, 0.29) is 5.91 Å². The highest BCUT2D eigenvalue weighted by Crippen LogP contribution is 2.21. The molecule has 0 aliphatic carbocycles. The van der Waals surface area contributed by atoms with Gasteiger partial charge in [-0.05, 0) is 42.8 Å². The number of aromatic nitrogens is 1. The highest BCUT2D eigenvalue weighted by Gasteiger charge is 2.17. The number of benzene rings is 1. The minimum absolute atomic E-state index is 0.102. The zero-order chi connectivity index (χ0) is 14.5. The topological polar surface area (TPSA) is 59.2 Å². The van der Waals surface area contributed by atoms with Crippen molar-refractivity contribution in [3.05, 3.63) is 58.9 Å². The quantitative estimate of drug-likeness (QED) is 0.880. The van der Waals surface area contributed by atoms with Gasteiger partial charge in [0.2, 0.25) is 0 Å². The maximum Gasteiger partial charge on any atom is 0.255 e. The lowest BCUT2D eigenvalue weighted by atomic mass is 10.1. The van der Waals surface area contributed by atoms with Gasteiger partial charge >= 0.3 is 0 Å². The summed E-state index contributed by atoms with van der Waals surface area (Å²) >= 11 is 6.09. The van der Waals surface area contributed by atoms with Crippen LogP contribution in [0.2, 0.25) is 5.02 Å². The maximum atomic E-state index is 12.5. The zero-order valence-corrected chi connectivity index (χ0v) is 12.0. The van der Waals surface area contributed by atoms with Crippen LogP contribution in [0, 0.1) is 0 Å². The largest absolute Gasteiger partial charge is 0.399 e. The van der Waals surface area contributed by atoms with Gasteiger partial charge in [0.1, 0.15) is 0 Å². The molecule has 1 heterocycles. The Balaban J connectivity index is 2.21. The molecule has 0 atom stereocenters. The van der Waals surface area contributed by atoms with Crippen molar-refractivity contribution in [1.82, 2.24) is 9.88 Å². The Hall–Kier alpha value is -2.07. The second-order valence-electron chi connectivity index (χ2n) is 4.41. The van der Waals surface area contributed by atoms with Gasteiger partial charge in [-0.2, -0.15) is 0 Å². The lowest BCUT2D eigenvalue weighted by molar-refractivity contribution is 0.0753. The van der Waals surface area contributed by atoms with Gasteiger partial charge in [0.05, 0.1) is 10.6 Å². The molecular formula is C15H16ClN3O. The monoisotopic (exact) mass is 289 g/mol. The minimum Gasteiger partial charge on any atom is -0.399 e. The highest BCUT2D eigenvalue weighted by atomic mass is 35.5. The van der Waals surface area contributed by atoms with Gasteiger partial charge in [-0.3, -0.25) is 9.78 Å². The molecule has 104 valence electrons. The number of anilines is 1. The second kappa shape index (κ2) is 6.39. The number of amides is 1. The predicted molar refractivity (Wildman–Crippen MR) is 80.5 cm³/mol. The summed E-state index contributed by atoms with van der Waals surface area (Å²) in [5.41, 5.74) is 7.69. The van der Waals surface area contributed by atoms with E-state index in [0.29, 0.717) is 29.4 Å². The van der Waals surface area contributed by atoms with Gasteiger partial charge < -0.3 is 10.6 Å². The van der Waals surface area contributed by atoms with Gasteiger partial charge in [-0.25, -0.2) is 0 Å². The lowest BCUT2D eigenvalue weighted by Crippen LogP contribution is -2.30. The SMILES string of the molecule is CCN(Cc1ccncc1)C(=O)c1ccc(N)cc1Cl. The molecule has 0 aliphatic heterocycles. The summed E-state index contributed by atoms with van der Waals surface area (Å²) < 4.78 is 0. The molecule has 0 saturated heterocycles. The summed E-state index contributed by atoms with van der Waals surface area (Å²) in [6.07, 6.45) is 3.42. The van der Waals surface area contributed by atoms with Crippen molar-refractivity contribution in [2.24, 2.45) is 0 Å². The number of carbonyl (C=O) groups excluding carboxylic acids is 1. The maximum absolute atomic E-state index is 12.5. The molecule has 4 nitrogen and oxygen atoms in total. The molecule has 0 fully saturated rings. The number of carbonyl (C=O) groups is 1. The van der Waals surface area contributed by atoms with Crippen molar-refractivity contribution in [1.29, 1.82) is 0 Å². The third-order valence-electron chi connectivity index (χ3n) is 3.02. The summed E-state index contributed by atoms with van der Waals surface area (Å²) in [5, 5.41) is 0.378. The number of hydrogen-bond acceptors (Lipinski definition) is 3. The van der Waals surface area contributed by atoms with Crippen LogP contribution in [0.3, 0.4) is 0 Å². The van der Waals surface area contributed by atoms with Crippen LogP contribution in [0.5, 0.6) is 0 Å². The van der Waals surface area contributed by atoms with Crippen LogP contribution >= 0.6 is 11.6 Å². The first-order chi connectivity index (χ1) is 9.61. The molecule has 2 aromatic rings. The first-order valence-electron chi connectivity index (χ1n) is 6.35. The van der Waals surface area contributed by atoms with Crippen LogP contribution in [0.4, 0.5) is 5.69 Å². The predicted octanol–water partition coefficient (Wildman–Crippen LogP) is 2.98. The van der Waals surface area contributed by atoms with E-state index in [1.165, 1.54) is 0 Å². The molecule has 0 spiro atoms. The fourth-order valence-corrected chi connectivity index (χ4v) is 2.18. The third kappa shape index (κ3) is 3.27. The van der Waals surface area contributed by atoms with Gasteiger partial charge in [-0.1, -0.05) is 11.6 Å². The van der Waals surface area contributed by atoms with E-state index < -0.39 is 0 Å². The molecule has 1 aromatic heterocycles. The zero-order valence-electron chi connectivity index (χ0n) is 11.2. The van der Waals surface area contributed by atoms with Gasteiger partial charge in [-0.15, -0.1) is 0 Å². The summed E-state index contributed by atoms with van der Waals surface area (Å²) in [6.45, 7) is 3.06. The van der Waals surface area contributed by atoms with E-state index in [0.717, 1.165) is 5.56 Å². The molecule has 5 heteroatoms. The fourth-order valence-electron chi connectivity index (χ4n) is 1.91. The highest BCUT2D eigenvalue weighted by molar-refractivity contribution is 6.34. The molecular weight excluding hydrogens is 274 g/mol. The van der Waals surface area contributed by atoms with E-state index in [9.17, 15) is 4.79 Å². The summed E-state index contributed by atoms with van der Waals surface area (Å²) in [4.78, 5) is 18.2. The average molecular weight is 290 g/mol. The molecule has 20 heavy (non-hydrogen) atoms. The Morgan fingerprint density at radius 2 is 2.00 bits per heavy atom.